The summed E-state index contributed by atoms with van der Waals surface area (Å²) in [7, 11) is 1.60. The van der Waals surface area contributed by atoms with Crippen LogP contribution in [0.15, 0.2) is 41.8 Å². The van der Waals surface area contributed by atoms with Crippen molar-refractivity contribution in [3.8, 4) is 5.75 Å². The maximum Gasteiger partial charge on any atom is 0.266 e. The van der Waals surface area contributed by atoms with Crippen LogP contribution in [0.5, 0.6) is 5.75 Å². The van der Waals surface area contributed by atoms with Gasteiger partial charge in [-0.3, -0.25) is 9.69 Å². The van der Waals surface area contributed by atoms with E-state index >= 15 is 0 Å². The van der Waals surface area contributed by atoms with Crippen molar-refractivity contribution in [3.05, 3.63) is 47.4 Å². The molecule has 22 heavy (non-hydrogen) atoms. The largest absolute Gasteiger partial charge is 0.490 e. The number of thioether (sulfide) groups is 1. The topological polar surface area (TPSA) is 38.8 Å². The van der Waals surface area contributed by atoms with Crippen molar-refractivity contribution in [2.75, 3.05) is 26.9 Å². The van der Waals surface area contributed by atoms with Gasteiger partial charge in [0.2, 0.25) is 0 Å². The van der Waals surface area contributed by atoms with Crippen molar-refractivity contribution in [2.45, 2.75) is 0 Å². The molecule has 0 radical (unpaired) electrons. The van der Waals surface area contributed by atoms with E-state index in [0.29, 0.717) is 29.0 Å². The predicted octanol–water partition coefficient (Wildman–Crippen LogP) is 3.10. The van der Waals surface area contributed by atoms with Gasteiger partial charge in [0.15, 0.2) is 0 Å². The smallest absolute Gasteiger partial charge is 0.266 e. The van der Waals surface area contributed by atoms with Crippen molar-refractivity contribution in [1.29, 1.82) is 0 Å². The van der Waals surface area contributed by atoms with Gasteiger partial charge in [-0.15, -0.1) is 0 Å². The molecular formula is C16H17NO3S2. The zero-order chi connectivity index (χ0) is 15.9. The lowest BCUT2D eigenvalue weighted by atomic mass is 10.2. The lowest BCUT2D eigenvalue weighted by Crippen LogP contribution is -2.31. The average Bonchev–Trinajstić information content (AvgIpc) is 2.79. The highest BCUT2D eigenvalue weighted by Gasteiger charge is 2.31. The summed E-state index contributed by atoms with van der Waals surface area (Å²) >= 11 is 6.55. The maximum atomic E-state index is 12.3. The van der Waals surface area contributed by atoms with Crippen molar-refractivity contribution in [1.82, 2.24) is 4.90 Å². The molecule has 0 unspecified atom stereocenters. The van der Waals surface area contributed by atoms with E-state index in [-0.39, 0.29) is 5.91 Å². The van der Waals surface area contributed by atoms with E-state index < -0.39 is 0 Å². The minimum absolute atomic E-state index is 0.0703. The van der Waals surface area contributed by atoms with Gasteiger partial charge in [0.05, 0.1) is 18.1 Å². The molecule has 1 aliphatic rings. The van der Waals surface area contributed by atoms with Crippen LogP contribution >= 0.6 is 24.0 Å². The number of rotatable bonds is 7. The van der Waals surface area contributed by atoms with E-state index in [1.165, 1.54) is 11.8 Å². The number of hydrogen-bond donors (Lipinski definition) is 0. The molecule has 1 amide bonds. The van der Waals surface area contributed by atoms with Crippen LogP contribution in [0.3, 0.4) is 0 Å². The lowest BCUT2D eigenvalue weighted by Gasteiger charge is -2.12. The second-order valence-electron chi connectivity index (χ2n) is 4.49. The normalized spacial score (nSPS) is 16.4. The number of methoxy groups -OCH3 is 1. The molecule has 6 heteroatoms. The summed E-state index contributed by atoms with van der Waals surface area (Å²) in [6, 6.07) is 7.53. The van der Waals surface area contributed by atoms with Crippen molar-refractivity contribution >= 4 is 40.3 Å². The van der Waals surface area contributed by atoms with Gasteiger partial charge in [0, 0.05) is 7.11 Å². The first kappa shape index (κ1) is 16.7. The Morgan fingerprint density at radius 3 is 2.73 bits per heavy atom. The number of ether oxygens (including phenoxy) is 2. The maximum absolute atomic E-state index is 12.3. The molecule has 4 nitrogen and oxygen atoms in total. The molecule has 0 atom stereocenters. The molecule has 1 saturated heterocycles. The molecule has 0 aromatic heterocycles. The number of amides is 1. The minimum Gasteiger partial charge on any atom is -0.490 e. The van der Waals surface area contributed by atoms with E-state index in [9.17, 15) is 4.79 Å². The SMILES string of the molecule is C=CCOc1ccc(/C=C2\SC(=S)N(CCOC)C2=O)cc1. The minimum atomic E-state index is -0.0703. The first-order valence-corrected chi connectivity index (χ1v) is 7.96. The fourth-order valence-electron chi connectivity index (χ4n) is 1.84. The average molecular weight is 335 g/mol. The number of carbonyl (C=O) groups is 1. The third-order valence-corrected chi connectivity index (χ3v) is 4.32. The predicted molar refractivity (Wildman–Crippen MR) is 93.9 cm³/mol. The molecule has 1 aromatic rings. The fourth-order valence-corrected chi connectivity index (χ4v) is 3.15. The Balaban J connectivity index is 2.07. The lowest BCUT2D eigenvalue weighted by molar-refractivity contribution is -0.122. The monoisotopic (exact) mass is 335 g/mol. The van der Waals surface area contributed by atoms with Crippen LogP contribution in [-0.4, -0.2) is 42.0 Å². The molecule has 1 aromatic carbocycles. The molecular weight excluding hydrogens is 318 g/mol. The van der Waals surface area contributed by atoms with Gasteiger partial charge in [-0.1, -0.05) is 48.8 Å². The standard InChI is InChI=1S/C16H17NO3S2/c1-3-9-20-13-6-4-12(5-7-13)11-14-15(18)17(8-10-19-2)16(21)22-14/h3-7,11H,1,8-10H2,2H3/b14-11-. The van der Waals surface area contributed by atoms with Crippen LogP contribution in [0.1, 0.15) is 5.56 Å². The molecule has 0 spiro atoms. The number of carbonyl (C=O) groups excluding carboxylic acids is 1. The van der Waals surface area contributed by atoms with Crippen LogP contribution in [0.2, 0.25) is 0 Å². The molecule has 0 bridgehead atoms. The van der Waals surface area contributed by atoms with Crippen LogP contribution in [0.4, 0.5) is 0 Å². The third-order valence-electron chi connectivity index (χ3n) is 2.94. The number of hydrogen-bond acceptors (Lipinski definition) is 5. The van der Waals surface area contributed by atoms with Crippen molar-refractivity contribution in [2.24, 2.45) is 0 Å². The van der Waals surface area contributed by atoms with Crippen molar-refractivity contribution < 1.29 is 14.3 Å². The molecule has 1 heterocycles. The van der Waals surface area contributed by atoms with Crippen LogP contribution in [0, 0.1) is 0 Å². The Morgan fingerprint density at radius 1 is 1.36 bits per heavy atom. The second-order valence-corrected chi connectivity index (χ2v) is 6.17. The highest BCUT2D eigenvalue weighted by atomic mass is 32.2. The highest BCUT2D eigenvalue weighted by molar-refractivity contribution is 8.26. The summed E-state index contributed by atoms with van der Waals surface area (Å²) in [6.45, 7) is 5.02. The van der Waals surface area contributed by atoms with Crippen LogP contribution < -0.4 is 4.74 Å². The second kappa shape index (κ2) is 8.12. The van der Waals surface area contributed by atoms with Crippen molar-refractivity contribution in [3.63, 3.8) is 0 Å². The van der Waals surface area contributed by atoms with Crippen LogP contribution in [0.25, 0.3) is 6.08 Å². The van der Waals surface area contributed by atoms with Gasteiger partial charge in [-0.25, -0.2) is 0 Å². The molecule has 0 saturated carbocycles. The Labute approximate surface area is 139 Å². The summed E-state index contributed by atoms with van der Waals surface area (Å²) in [6.07, 6.45) is 3.53. The Kier molecular flexibility index (Phi) is 6.18. The van der Waals surface area contributed by atoms with Gasteiger partial charge >= 0.3 is 0 Å². The quantitative estimate of drug-likeness (QED) is 0.435. The van der Waals surface area contributed by atoms with E-state index in [2.05, 4.69) is 6.58 Å². The molecule has 0 aliphatic carbocycles. The number of benzene rings is 1. The molecule has 0 N–H and O–H groups in total. The first-order valence-electron chi connectivity index (χ1n) is 6.73. The third kappa shape index (κ3) is 4.19. The Morgan fingerprint density at radius 2 is 2.09 bits per heavy atom. The van der Waals surface area contributed by atoms with Gasteiger partial charge in [-0.2, -0.15) is 0 Å². The molecule has 1 aliphatic heterocycles. The molecule has 2 rings (SSSR count). The zero-order valence-electron chi connectivity index (χ0n) is 12.3. The summed E-state index contributed by atoms with van der Waals surface area (Å²) in [5.41, 5.74) is 0.929. The number of thiocarbonyl (C=S) groups is 1. The van der Waals surface area contributed by atoms with Gasteiger partial charge in [0.1, 0.15) is 16.7 Å². The van der Waals surface area contributed by atoms with Gasteiger partial charge in [0.25, 0.3) is 5.91 Å². The Bertz CT molecular complexity index is 596. The zero-order valence-corrected chi connectivity index (χ0v) is 13.9. The summed E-state index contributed by atoms with van der Waals surface area (Å²) in [5, 5.41) is 0. The molecule has 1 fully saturated rings. The fraction of sp³-hybridized carbons (Fsp3) is 0.250. The van der Waals surface area contributed by atoms with E-state index in [0.717, 1.165) is 11.3 Å². The van der Waals surface area contributed by atoms with Gasteiger partial charge < -0.3 is 9.47 Å². The van der Waals surface area contributed by atoms with E-state index in [4.69, 9.17) is 21.7 Å². The molecule has 116 valence electrons. The first-order chi connectivity index (χ1) is 10.7. The van der Waals surface area contributed by atoms with Gasteiger partial charge in [-0.05, 0) is 23.8 Å². The number of nitrogens with zero attached hydrogens (tertiary/aromatic N) is 1. The highest BCUT2D eigenvalue weighted by Crippen LogP contribution is 2.32. The summed E-state index contributed by atoms with van der Waals surface area (Å²) in [4.78, 5) is 14.5. The Hall–Kier alpha value is -1.63. The van der Waals surface area contributed by atoms with E-state index in [1.54, 1.807) is 18.1 Å². The summed E-state index contributed by atoms with van der Waals surface area (Å²) < 4.78 is 11.0. The van der Waals surface area contributed by atoms with E-state index in [1.807, 2.05) is 30.3 Å². The van der Waals surface area contributed by atoms with Crippen LogP contribution in [-0.2, 0) is 9.53 Å². The summed E-state index contributed by atoms with van der Waals surface area (Å²) in [5.74, 6) is 0.698.